The average molecular weight is 320 g/mol. The largest absolute Gasteiger partial charge is 0.478 e. The van der Waals surface area contributed by atoms with Crippen LogP contribution in [0.3, 0.4) is 0 Å². The van der Waals surface area contributed by atoms with Gasteiger partial charge >= 0.3 is 17.9 Å². The van der Waals surface area contributed by atoms with Gasteiger partial charge < -0.3 is 20.3 Å². The van der Waals surface area contributed by atoms with Crippen LogP contribution in [0.4, 0.5) is 0 Å². The maximum Gasteiger partial charge on any atom is 0.336 e. The Morgan fingerprint density at radius 2 is 1.65 bits per heavy atom. The van der Waals surface area contributed by atoms with Gasteiger partial charge in [-0.2, -0.15) is 0 Å². The topological polar surface area (TPSA) is 141 Å². The van der Waals surface area contributed by atoms with E-state index >= 15 is 0 Å². The number of hydrogen-bond acceptors (Lipinski definition) is 4. The molecule has 1 aromatic carbocycles. The molecule has 1 heterocycles. The van der Waals surface area contributed by atoms with Gasteiger partial charge in [-0.3, -0.25) is 0 Å². The monoisotopic (exact) mass is 320 g/mol. The molecule has 0 saturated heterocycles. The van der Waals surface area contributed by atoms with Gasteiger partial charge in [0.05, 0.1) is 16.7 Å². The van der Waals surface area contributed by atoms with Crippen molar-refractivity contribution in [3.63, 3.8) is 0 Å². The Balaban J connectivity index is 0.000000277. The van der Waals surface area contributed by atoms with Crippen LogP contribution < -0.4 is 0 Å². The maximum atomic E-state index is 10.6. The van der Waals surface area contributed by atoms with Crippen LogP contribution in [0, 0.1) is 6.92 Å². The third-order valence-corrected chi connectivity index (χ3v) is 2.82. The number of hydrogen-bond donors (Lipinski definition) is 4. The third kappa shape index (κ3) is 4.95. The molecular formula is C15H16N2O6. The van der Waals surface area contributed by atoms with E-state index in [1.54, 1.807) is 0 Å². The Labute approximate surface area is 131 Å². The molecule has 0 saturated carbocycles. The highest BCUT2D eigenvalue weighted by atomic mass is 16.4. The van der Waals surface area contributed by atoms with E-state index in [1.807, 2.05) is 13.1 Å². The van der Waals surface area contributed by atoms with E-state index in [2.05, 4.69) is 16.9 Å². The Bertz CT molecular complexity index is 735. The molecule has 0 spiro atoms. The summed E-state index contributed by atoms with van der Waals surface area (Å²) in [6, 6.07) is 2.81. The van der Waals surface area contributed by atoms with E-state index in [0.717, 1.165) is 36.1 Å². The van der Waals surface area contributed by atoms with Crippen molar-refractivity contribution in [3.05, 3.63) is 52.6 Å². The number of aromatic carboxylic acids is 3. The van der Waals surface area contributed by atoms with Crippen LogP contribution in [-0.4, -0.2) is 43.2 Å². The molecule has 0 atom stereocenters. The summed E-state index contributed by atoms with van der Waals surface area (Å²) >= 11 is 0. The number of H-pyrrole nitrogens is 1. The van der Waals surface area contributed by atoms with Gasteiger partial charge in [0.15, 0.2) is 0 Å². The Hall–Kier alpha value is -3.16. The molecule has 8 heteroatoms. The molecule has 0 amide bonds. The van der Waals surface area contributed by atoms with Crippen molar-refractivity contribution in [1.29, 1.82) is 0 Å². The molecule has 0 aliphatic heterocycles. The predicted molar refractivity (Wildman–Crippen MR) is 80.0 cm³/mol. The summed E-state index contributed by atoms with van der Waals surface area (Å²) in [6.45, 7) is 4.09. The first-order chi connectivity index (χ1) is 10.8. The van der Waals surface area contributed by atoms with Gasteiger partial charge in [0.1, 0.15) is 5.82 Å². The summed E-state index contributed by atoms with van der Waals surface area (Å²) < 4.78 is 0. The fourth-order valence-electron chi connectivity index (χ4n) is 1.69. The van der Waals surface area contributed by atoms with Gasteiger partial charge in [0, 0.05) is 18.3 Å². The lowest BCUT2D eigenvalue weighted by atomic mass is 10.0. The molecule has 0 fully saturated rings. The van der Waals surface area contributed by atoms with Gasteiger partial charge in [0.2, 0.25) is 0 Å². The molecule has 0 unspecified atom stereocenters. The zero-order chi connectivity index (χ0) is 17.6. The third-order valence-electron chi connectivity index (χ3n) is 2.82. The van der Waals surface area contributed by atoms with E-state index in [-0.39, 0.29) is 5.56 Å². The van der Waals surface area contributed by atoms with Crippen LogP contribution in [0.2, 0.25) is 0 Å². The number of aromatic nitrogens is 2. The second-order valence-corrected chi connectivity index (χ2v) is 4.54. The molecular weight excluding hydrogens is 304 g/mol. The normalized spacial score (nSPS) is 9.65. The van der Waals surface area contributed by atoms with E-state index in [1.165, 1.54) is 0 Å². The predicted octanol–water partition coefficient (Wildman–Crippen LogP) is 2.06. The summed E-state index contributed by atoms with van der Waals surface area (Å²) in [6.07, 6.45) is 2.84. The zero-order valence-corrected chi connectivity index (χ0v) is 12.5. The maximum absolute atomic E-state index is 10.6. The molecule has 0 aliphatic rings. The lowest BCUT2D eigenvalue weighted by Gasteiger charge is -2.02. The van der Waals surface area contributed by atoms with Gasteiger partial charge in [-0.25, -0.2) is 19.4 Å². The molecule has 23 heavy (non-hydrogen) atoms. The number of carboxylic acid groups (broad SMARTS) is 3. The molecule has 2 aromatic rings. The zero-order valence-electron chi connectivity index (χ0n) is 12.5. The number of carbonyl (C=O) groups is 3. The van der Waals surface area contributed by atoms with Gasteiger partial charge in [0.25, 0.3) is 0 Å². The fourth-order valence-corrected chi connectivity index (χ4v) is 1.69. The SMILES string of the molecule is CCc1ncc(C)[nH]1.O=C(O)c1ccc(C(=O)O)c(C(=O)O)c1. The number of nitrogens with zero attached hydrogens (tertiary/aromatic N) is 1. The first-order valence-corrected chi connectivity index (χ1v) is 6.60. The summed E-state index contributed by atoms with van der Waals surface area (Å²) in [5, 5.41) is 25.9. The minimum atomic E-state index is -1.48. The van der Waals surface area contributed by atoms with Crippen molar-refractivity contribution in [1.82, 2.24) is 9.97 Å². The molecule has 0 aliphatic carbocycles. The summed E-state index contributed by atoms with van der Waals surface area (Å²) in [7, 11) is 0. The summed E-state index contributed by atoms with van der Waals surface area (Å²) in [5.74, 6) is -3.13. The minimum absolute atomic E-state index is 0.266. The molecule has 1 aromatic heterocycles. The van der Waals surface area contributed by atoms with Crippen molar-refractivity contribution in [3.8, 4) is 0 Å². The number of aryl methyl sites for hydroxylation is 2. The van der Waals surface area contributed by atoms with Crippen LogP contribution in [0.25, 0.3) is 0 Å². The fraction of sp³-hybridized carbons (Fsp3) is 0.200. The molecule has 0 bridgehead atoms. The summed E-state index contributed by atoms with van der Waals surface area (Å²) in [4.78, 5) is 39.0. The Morgan fingerprint density at radius 1 is 1.04 bits per heavy atom. The number of carboxylic acids is 3. The molecule has 0 radical (unpaired) electrons. The molecule has 8 nitrogen and oxygen atoms in total. The lowest BCUT2D eigenvalue weighted by Crippen LogP contribution is -2.10. The first kappa shape index (κ1) is 17.9. The van der Waals surface area contributed by atoms with Crippen LogP contribution in [-0.2, 0) is 6.42 Å². The van der Waals surface area contributed by atoms with Crippen LogP contribution in [0.15, 0.2) is 24.4 Å². The quantitative estimate of drug-likeness (QED) is 0.675. The van der Waals surface area contributed by atoms with E-state index in [9.17, 15) is 14.4 Å². The molecule has 122 valence electrons. The number of rotatable bonds is 4. The average Bonchev–Trinajstić information content (AvgIpc) is 2.92. The van der Waals surface area contributed by atoms with Crippen molar-refractivity contribution < 1.29 is 29.7 Å². The number of imidazole rings is 1. The van der Waals surface area contributed by atoms with Crippen molar-refractivity contribution in [2.24, 2.45) is 0 Å². The summed E-state index contributed by atoms with van der Waals surface area (Å²) in [5.41, 5.74) is -0.103. The van der Waals surface area contributed by atoms with E-state index in [4.69, 9.17) is 15.3 Å². The highest BCUT2D eigenvalue weighted by molar-refractivity contribution is 6.03. The number of aromatic amines is 1. The van der Waals surface area contributed by atoms with Gasteiger partial charge in [-0.1, -0.05) is 6.92 Å². The van der Waals surface area contributed by atoms with Gasteiger partial charge in [-0.05, 0) is 25.1 Å². The van der Waals surface area contributed by atoms with Crippen molar-refractivity contribution in [2.45, 2.75) is 20.3 Å². The molecule has 2 rings (SSSR count). The molecule has 4 N–H and O–H groups in total. The number of benzene rings is 1. The Kier molecular flexibility index (Phi) is 6.02. The number of nitrogens with one attached hydrogen (secondary N) is 1. The highest BCUT2D eigenvalue weighted by Crippen LogP contribution is 2.12. The second-order valence-electron chi connectivity index (χ2n) is 4.54. The smallest absolute Gasteiger partial charge is 0.336 e. The van der Waals surface area contributed by atoms with Crippen molar-refractivity contribution >= 4 is 17.9 Å². The van der Waals surface area contributed by atoms with Crippen LogP contribution in [0.5, 0.6) is 0 Å². The van der Waals surface area contributed by atoms with E-state index < -0.39 is 29.0 Å². The van der Waals surface area contributed by atoms with Crippen molar-refractivity contribution in [2.75, 3.05) is 0 Å². The minimum Gasteiger partial charge on any atom is -0.478 e. The first-order valence-electron chi connectivity index (χ1n) is 6.60. The van der Waals surface area contributed by atoms with E-state index in [0.29, 0.717) is 0 Å². The van der Waals surface area contributed by atoms with Crippen LogP contribution in [0.1, 0.15) is 49.5 Å². The highest BCUT2D eigenvalue weighted by Gasteiger charge is 2.17. The standard InChI is InChI=1S/C9H6O6.C6H10N2/c10-7(11)4-1-2-5(8(12)13)6(3-4)9(14)15;1-3-6-7-4-5(2)8-6/h1-3H,(H,10,11)(H,12,13)(H,14,15);4H,3H2,1-2H3,(H,7,8). The van der Waals surface area contributed by atoms with Gasteiger partial charge in [-0.15, -0.1) is 0 Å². The van der Waals surface area contributed by atoms with Crippen LogP contribution >= 0.6 is 0 Å². The Morgan fingerprint density at radius 3 is 2.00 bits per heavy atom. The second kappa shape index (κ2) is 7.74. The lowest BCUT2D eigenvalue weighted by molar-refractivity contribution is 0.0649.